The van der Waals surface area contributed by atoms with E-state index in [1.807, 2.05) is 89.8 Å². The van der Waals surface area contributed by atoms with Gasteiger partial charge >= 0.3 is 6.18 Å². The number of halogens is 3. The number of carbonyl (C=O) groups is 2. The van der Waals surface area contributed by atoms with Gasteiger partial charge in [-0.3, -0.25) is 19.5 Å². The number of nitrogens with zero attached hydrogens (tertiary/aromatic N) is 4. The molecule has 2 atom stereocenters. The van der Waals surface area contributed by atoms with Crippen LogP contribution in [0.25, 0.3) is 11.3 Å². The number of allylic oxidation sites excluding steroid dienone is 7. The van der Waals surface area contributed by atoms with Gasteiger partial charge in [0.05, 0.1) is 11.6 Å². The van der Waals surface area contributed by atoms with Crippen molar-refractivity contribution < 1.29 is 22.8 Å². The third-order valence-electron chi connectivity index (χ3n) is 9.14. The first-order valence-corrected chi connectivity index (χ1v) is 17.1. The molecule has 2 unspecified atom stereocenters. The van der Waals surface area contributed by atoms with E-state index in [-0.39, 0.29) is 18.9 Å². The van der Waals surface area contributed by atoms with Crippen LogP contribution in [0.5, 0.6) is 0 Å². The molecule has 264 valence electrons. The summed E-state index contributed by atoms with van der Waals surface area (Å²) < 4.78 is 39.7. The van der Waals surface area contributed by atoms with Crippen LogP contribution in [0.4, 0.5) is 13.2 Å². The van der Waals surface area contributed by atoms with Crippen LogP contribution in [-0.2, 0) is 22.6 Å². The van der Waals surface area contributed by atoms with Crippen molar-refractivity contribution in [2.75, 3.05) is 32.7 Å². The zero-order valence-corrected chi connectivity index (χ0v) is 28.6. The fraction of sp³-hybridized carbons (Fsp3) is 0.262. The second-order valence-electron chi connectivity index (χ2n) is 12.6. The Morgan fingerprint density at radius 2 is 1.67 bits per heavy atom. The minimum Gasteiger partial charge on any atom is -0.338 e. The molecule has 2 aromatic carbocycles. The van der Waals surface area contributed by atoms with E-state index < -0.39 is 24.0 Å². The first kappa shape index (κ1) is 37.0. The van der Waals surface area contributed by atoms with Gasteiger partial charge in [-0.25, -0.2) is 0 Å². The predicted octanol–water partition coefficient (Wildman–Crippen LogP) is 7.75. The second-order valence-corrected chi connectivity index (χ2v) is 12.6. The van der Waals surface area contributed by atoms with Crippen LogP contribution >= 0.6 is 0 Å². The maximum absolute atomic E-state index is 14.5. The lowest BCUT2D eigenvalue weighted by atomic mass is 9.96. The normalized spacial score (nSPS) is 17.5. The molecule has 0 spiro atoms. The highest BCUT2D eigenvalue weighted by Crippen LogP contribution is 2.33. The summed E-state index contributed by atoms with van der Waals surface area (Å²) >= 11 is 0. The SMILES string of the molecule is C=C/C=C(\C=C)CN1CCN(C(=O)C(Cc2ccccc2)N(Cc2ccc(-c3ccccn3)cc2)C(=O)/C=C/C2=CCC(C(F)(F)F)C=C2)CC1. The fourth-order valence-electron chi connectivity index (χ4n) is 6.22. The Hall–Kier alpha value is -5.28. The van der Waals surface area contributed by atoms with Crippen molar-refractivity contribution in [2.45, 2.75) is 31.6 Å². The van der Waals surface area contributed by atoms with E-state index in [1.54, 1.807) is 17.2 Å². The summed E-state index contributed by atoms with van der Waals surface area (Å²) in [5.41, 5.74) is 5.02. The summed E-state index contributed by atoms with van der Waals surface area (Å²) in [6.07, 6.45) is 9.85. The number of benzene rings is 2. The third-order valence-corrected chi connectivity index (χ3v) is 9.14. The topological polar surface area (TPSA) is 56.8 Å². The highest BCUT2D eigenvalue weighted by Gasteiger charge is 2.38. The first-order valence-electron chi connectivity index (χ1n) is 17.1. The minimum atomic E-state index is -4.33. The molecule has 9 heteroatoms. The molecule has 1 aromatic heterocycles. The van der Waals surface area contributed by atoms with Crippen LogP contribution in [0.2, 0.25) is 0 Å². The summed E-state index contributed by atoms with van der Waals surface area (Å²) in [4.78, 5) is 38.8. The van der Waals surface area contributed by atoms with Crippen LogP contribution in [0, 0.1) is 5.92 Å². The van der Waals surface area contributed by atoms with Gasteiger partial charge in [0, 0.05) is 63.5 Å². The van der Waals surface area contributed by atoms with Crippen molar-refractivity contribution in [3.63, 3.8) is 0 Å². The van der Waals surface area contributed by atoms with Gasteiger partial charge in [-0.2, -0.15) is 13.2 Å². The van der Waals surface area contributed by atoms with Crippen molar-refractivity contribution in [3.8, 4) is 11.3 Å². The average molecular weight is 693 g/mol. The number of aromatic nitrogens is 1. The van der Waals surface area contributed by atoms with Crippen LogP contribution < -0.4 is 0 Å². The lowest BCUT2D eigenvalue weighted by molar-refractivity contribution is -0.160. The first-order chi connectivity index (χ1) is 24.6. The highest BCUT2D eigenvalue weighted by atomic mass is 19.4. The lowest BCUT2D eigenvalue weighted by Crippen LogP contribution is -2.56. The molecule has 2 aliphatic rings. The van der Waals surface area contributed by atoms with Gasteiger partial charge < -0.3 is 9.80 Å². The molecule has 5 rings (SSSR count). The number of hydrogen-bond donors (Lipinski definition) is 0. The Bertz CT molecular complexity index is 1770. The molecule has 3 aromatic rings. The van der Waals surface area contributed by atoms with E-state index >= 15 is 0 Å². The Morgan fingerprint density at radius 1 is 0.941 bits per heavy atom. The molecular formula is C42H43F3N4O2. The quantitative estimate of drug-likeness (QED) is 0.136. The van der Waals surface area contributed by atoms with Gasteiger partial charge in [-0.15, -0.1) is 0 Å². The Labute approximate surface area is 298 Å². The van der Waals surface area contributed by atoms with Crippen molar-refractivity contribution in [2.24, 2.45) is 5.92 Å². The molecule has 0 saturated carbocycles. The fourth-order valence-corrected chi connectivity index (χ4v) is 6.22. The Balaban J connectivity index is 1.42. The second kappa shape index (κ2) is 17.6. The van der Waals surface area contributed by atoms with E-state index in [2.05, 4.69) is 23.0 Å². The van der Waals surface area contributed by atoms with Crippen LogP contribution in [0.1, 0.15) is 17.5 Å². The lowest BCUT2D eigenvalue weighted by Gasteiger charge is -2.39. The summed E-state index contributed by atoms with van der Waals surface area (Å²) in [5.74, 6) is -2.11. The van der Waals surface area contributed by atoms with Gasteiger partial charge in [0.2, 0.25) is 11.8 Å². The maximum Gasteiger partial charge on any atom is 0.395 e. The van der Waals surface area contributed by atoms with Crippen LogP contribution in [0.15, 0.2) is 152 Å². The number of alkyl halides is 3. The summed E-state index contributed by atoms with van der Waals surface area (Å²) in [6.45, 7) is 10.8. The van der Waals surface area contributed by atoms with Crippen molar-refractivity contribution in [3.05, 3.63) is 163 Å². The van der Waals surface area contributed by atoms with Gasteiger partial charge in [-0.05, 0) is 46.9 Å². The zero-order chi connectivity index (χ0) is 36.2. The molecular weight excluding hydrogens is 649 g/mol. The third kappa shape index (κ3) is 10.4. The van der Waals surface area contributed by atoms with E-state index in [1.165, 1.54) is 24.3 Å². The molecule has 1 saturated heterocycles. The van der Waals surface area contributed by atoms with Gasteiger partial charge in [0.25, 0.3) is 0 Å². The van der Waals surface area contributed by atoms with Crippen molar-refractivity contribution >= 4 is 11.8 Å². The zero-order valence-electron chi connectivity index (χ0n) is 28.6. The molecule has 0 N–H and O–H groups in total. The molecule has 6 nitrogen and oxygen atoms in total. The maximum atomic E-state index is 14.5. The molecule has 0 bridgehead atoms. The molecule has 1 fully saturated rings. The van der Waals surface area contributed by atoms with Crippen molar-refractivity contribution in [1.29, 1.82) is 0 Å². The highest BCUT2D eigenvalue weighted by molar-refractivity contribution is 5.93. The van der Waals surface area contributed by atoms with Gasteiger partial charge in [0.15, 0.2) is 0 Å². The molecule has 1 aliphatic heterocycles. The van der Waals surface area contributed by atoms with Crippen LogP contribution in [0.3, 0.4) is 0 Å². The Kier molecular flexibility index (Phi) is 12.8. The smallest absolute Gasteiger partial charge is 0.338 e. The van der Waals surface area contributed by atoms with E-state index in [0.29, 0.717) is 44.7 Å². The average Bonchev–Trinajstić information content (AvgIpc) is 3.16. The van der Waals surface area contributed by atoms with E-state index in [0.717, 1.165) is 34.0 Å². The number of amides is 2. The number of pyridine rings is 1. The molecule has 2 amide bonds. The summed E-state index contributed by atoms with van der Waals surface area (Å²) in [5, 5.41) is 0. The van der Waals surface area contributed by atoms with Crippen LogP contribution in [-0.4, -0.2) is 76.4 Å². The van der Waals surface area contributed by atoms with E-state index in [4.69, 9.17) is 0 Å². The van der Waals surface area contributed by atoms with E-state index in [9.17, 15) is 22.8 Å². The number of rotatable bonds is 13. The van der Waals surface area contributed by atoms with Gasteiger partial charge in [0.1, 0.15) is 6.04 Å². The number of carbonyl (C=O) groups excluding carboxylic acids is 2. The molecule has 51 heavy (non-hydrogen) atoms. The monoisotopic (exact) mass is 692 g/mol. The molecule has 2 heterocycles. The molecule has 1 aliphatic carbocycles. The molecule has 0 radical (unpaired) electrons. The predicted molar refractivity (Wildman–Crippen MR) is 196 cm³/mol. The van der Waals surface area contributed by atoms with Gasteiger partial charge in [-0.1, -0.05) is 110 Å². The largest absolute Gasteiger partial charge is 0.395 e. The number of piperazine rings is 1. The summed E-state index contributed by atoms with van der Waals surface area (Å²) in [6, 6.07) is 22.2. The summed E-state index contributed by atoms with van der Waals surface area (Å²) in [7, 11) is 0. The number of hydrogen-bond acceptors (Lipinski definition) is 4. The minimum absolute atomic E-state index is 0.148. The van der Waals surface area contributed by atoms with Crippen molar-refractivity contribution in [1.82, 2.24) is 19.7 Å². The Morgan fingerprint density at radius 3 is 2.27 bits per heavy atom. The standard InChI is InChI=1S/C42H43F3N4O2/c1-3-10-32(4-2)30-47-25-27-48(28-26-47)41(51)39(29-34-11-6-5-7-12-34)49(31-35-14-19-36(20-15-35)38-13-8-9-24-46-38)40(50)23-18-33-16-21-37(22-17-33)42(43,44)45/h3-21,23-24,37,39H,1-2,22,25-31H2/b23-18+,32-10+.